The van der Waals surface area contributed by atoms with Crippen molar-refractivity contribution in [3.05, 3.63) is 0 Å². The van der Waals surface area contributed by atoms with Crippen molar-refractivity contribution in [1.82, 2.24) is 4.90 Å². The maximum atomic E-state index is 12.9. The molecule has 0 aliphatic carbocycles. The van der Waals surface area contributed by atoms with Gasteiger partial charge in [0.15, 0.2) is 0 Å². The molecule has 1 unspecified atom stereocenters. The Bertz CT molecular complexity index is 240. The van der Waals surface area contributed by atoms with E-state index in [0.717, 1.165) is 13.1 Å². The number of nitrogens with zero attached hydrogens (tertiary/aromatic N) is 1. The van der Waals surface area contributed by atoms with Gasteiger partial charge in [-0.05, 0) is 33.9 Å². The topological polar surface area (TPSA) is 48.0 Å². The van der Waals surface area contributed by atoms with Crippen LogP contribution in [0.3, 0.4) is 0 Å². The van der Waals surface area contributed by atoms with E-state index in [1.54, 1.807) is 0 Å². The molecule has 0 aromatic carbocycles. The summed E-state index contributed by atoms with van der Waals surface area (Å²) in [7, 11) is -2.97. The van der Waals surface area contributed by atoms with Crippen molar-refractivity contribution >= 4 is 7.37 Å². The van der Waals surface area contributed by atoms with E-state index in [1.807, 2.05) is 34.6 Å². The molecule has 0 heterocycles. The highest BCUT2D eigenvalue weighted by Crippen LogP contribution is 2.53. The summed E-state index contributed by atoms with van der Waals surface area (Å²) in [5.41, 5.74) is 0. The van der Waals surface area contributed by atoms with Crippen LogP contribution in [-0.2, 0) is 18.6 Å². The van der Waals surface area contributed by atoms with Gasteiger partial charge in [-0.15, -0.1) is 0 Å². The zero-order valence-corrected chi connectivity index (χ0v) is 13.2. The molecule has 1 atom stereocenters. The summed E-state index contributed by atoms with van der Waals surface area (Å²) in [6.45, 7) is 12.6. The van der Waals surface area contributed by atoms with Gasteiger partial charge >= 0.3 is 0 Å². The zero-order valence-electron chi connectivity index (χ0n) is 12.3. The van der Waals surface area contributed by atoms with Crippen LogP contribution in [0.1, 0.15) is 34.6 Å². The third-order valence-electron chi connectivity index (χ3n) is 2.58. The highest BCUT2D eigenvalue weighted by molar-refractivity contribution is 7.59. The van der Waals surface area contributed by atoms with Gasteiger partial charge in [0, 0.05) is 13.2 Å². The minimum atomic E-state index is -2.97. The second-order valence-electron chi connectivity index (χ2n) is 3.81. The molecule has 0 saturated carbocycles. The third-order valence-corrected chi connectivity index (χ3v) is 5.01. The van der Waals surface area contributed by atoms with Gasteiger partial charge in [0.1, 0.15) is 0 Å². The number of hydrogen-bond donors (Lipinski definition) is 0. The first-order valence-corrected chi connectivity index (χ1v) is 8.64. The number of ether oxygens (including phenoxy) is 2. The van der Waals surface area contributed by atoms with E-state index < -0.39 is 13.4 Å². The molecule has 0 aliphatic rings. The summed E-state index contributed by atoms with van der Waals surface area (Å²) in [5.74, 6) is 0. The van der Waals surface area contributed by atoms with Gasteiger partial charge in [-0.3, -0.25) is 9.46 Å². The maximum Gasteiger partial charge on any atom is 0.271 e. The van der Waals surface area contributed by atoms with E-state index in [-0.39, 0.29) is 0 Å². The van der Waals surface area contributed by atoms with E-state index in [1.165, 1.54) is 0 Å². The molecule has 0 aliphatic heterocycles. The predicted octanol–water partition coefficient (Wildman–Crippen LogP) is 2.96. The quantitative estimate of drug-likeness (QED) is 0.430. The fourth-order valence-electron chi connectivity index (χ4n) is 1.65. The van der Waals surface area contributed by atoms with Crippen LogP contribution in [0.25, 0.3) is 0 Å². The van der Waals surface area contributed by atoms with Crippen LogP contribution in [0, 0.1) is 0 Å². The lowest BCUT2D eigenvalue weighted by molar-refractivity contribution is -0.0897. The van der Waals surface area contributed by atoms with Gasteiger partial charge in [0.05, 0.1) is 12.9 Å². The molecule has 0 saturated heterocycles. The average Bonchev–Trinajstić information content (AvgIpc) is 2.36. The molecule has 0 N–H and O–H groups in total. The van der Waals surface area contributed by atoms with Crippen molar-refractivity contribution in [3.63, 3.8) is 0 Å². The van der Waals surface area contributed by atoms with Crippen LogP contribution >= 0.6 is 7.37 Å². The smallest absolute Gasteiger partial charge is 0.271 e. The lowest BCUT2D eigenvalue weighted by Crippen LogP contribution is -2.30. The van der Waals surface area contributed by atoms with E-state index in [4.69, 9.17) is 14.0 Å². The Labute approximate surface area is 111 Å². The second kappa shape index (κ2) is 9.93. The molecule has 110 valence electrons. The monoisotopic (exact) mass is 281 g/mol. The van der Waals surface area contributed by atoms with Crippen LogP contribution in [-0.4, -0.2) is 50.1 Å². The van der Waals surface area contributed by atoms with Crippen molar-refractivity contribution in [2.75, 3.05) is 39.2 Å². The van der Waals surface area contributed by atoms with Crippen molar-refractivity contribution in [1.29, 1.82) is 0 Å². The van der Waals surface area contributed by atoms with Crippen molar-refractivity contribution in [2.24, 2.45) is 0 Å². The first-order chi connectivity index (χ1) is 8.57. The molecule has 6 heteroatoms. The number of rotatable bonds is 11. The molecule has 0 fully saturated rings. The molecule has 0 aromatic rings. The van der Waals surface area contributed by atoms with Crippen LogP contribution in [0.5, 0.6) is 0 Å². The Hall–Kier alpha value is 0.0700. The Balaban J connectivity index is 4.88. The van der Waals surface area contributed by atoms with Crippen LogP contribution in [0.15, 0.2) is 0 Å². The lowest BCUT2D eigenvalue weighted by atomic mass is 10.6. The largest absolute Gasteiger partial charge is 0.345 e. The minimum Gasteiger partial charge on any atom is -0.345 e. The summed E-state index contributed by atoms with van der Waals surface area (Å²) in [6, 6.07) is -0.756. The lowest BCUT2D eigenvalue weighted by Gasteiger charge is -2.30. The Morgan fingerprint density at radius 3 is 1.78 bits per heavy atom. The van der Waals surface area contributed by atoms with Crippen LogP contribution < -0.4 is 0 Å². The molecular weight excluding hydrogens is 253 g/mol. The highest BCUT2D eigenvalue weighted by atomic mass is 31.2. The Morgan fingerprint density at radius 2 is 1.44 bits per heavy atom. The first kappa shape index (κ1) is 18.1. The standard InChI is InChI=1S/C12H28NO4P/c1-6-13(7-2)11-18(14,17-10-5)12(15-8-3)16-9-4/h12H,6-11H2,1-5H3. The molecule has 5 nitrogen and oxygen atoms in total. The highest BCUT2D eigenvalue weighted by Gasteiger charge is 2.37. The van der Waals surface area contributed by atoms with E-state index in [9.17, 15) is 4.57 Å². The third kappa shape index (κ3) is 5.81. The molecule has 0 spiro atoms. The van der Waals surface area contributed by atoms with E-state index in [0.29, 0.717) is 26.1 Å². The molecular formula is C12H28NO4P. The molecule has 0 rings (SSSR count). The van der Waals surface area contributed by atoms with Gasteiger partial charge in [-0.1, -0.05) is 13.8 Å². The fraction of sp³-hybridized carbons (Fsp3) is 1.00. The van der Waals surface area contributed by atoms with E-state index >= 15 is 0 Å². The molecule has 0 radical (unpaired) electrons. The normalized spacial score (nSPS) is 15.3. The van der Waals surface area contributed by atoms with Gasteiger partial charge in [-0.25, -0.2) is 0 Å². The summed E-state index contributed by atoms with van der Waals surface area (Å²) in [4.78, 5) is 2.07. The zero-order chi connectivity index (χ0) is 14.0. The van der Waals surface area contributed by atoms with Gasteiger partial charge in [-0.2, -0.15) is 0 Å². The summed E-state index contributed by atoms with van der Waals surface area (Å²) >= 11 is 0. The van der Waals surface area contributed by atoms with Gasteiger partial charge < -0.3 is 14.0 Å². The maximum absolute atomic E-state index is 12.9. The Kier molecular flexibility index (Phi) is 9.97. The van der Waals surface area contributed by atoms with Crippen LogP contribution in [0.2, 0.25) is 0 Å². The fourth-order valence-corrected chi connectivity index (χ4v) is 4.13. The summed E-state index contributed by atoms with van der Waals surface area (Å²) < 4.78 is 29.3. The first-order valence-electron chi connectivity index (χ1n) is 6.76. The molecule has 0 aromatic heterocycles. The van der Waals surface area contributed by atoms with Gasteiger partial charge in [0.25, 0.3) is 7.37 Å². The predicted molar refractivity (Wildman–Crippen MR) is 74.1 cm³/mol. The minimum absolute atomic E-state index is 0.374. The van der Waals surface area contributed by atoms with Crippen LogP contribution in [0.4, 0.5) is 0 Å². The van der Waals surface area contributed by atoms with Crippen molar-refractivity contribution < 1.29 is 18.6 Å². The molecule has 18 heavy (non-hydrogen) atoms. The van der Waals surface area contributed by atoms with E-state index in [2.05, 4.69) is 4.90 Å². The summed E-state index contributed by atoms with van der Waals surface area (Å²) in [6.07, 6.45) is 0.374. The molecule has 0 amide bonds. The van der Waals surface area contributed by atoms with Crippen molar-refractivity contribution in [2.45, 2.75) is 40.6 Å². The van der Waals surface area contributed by atoms with Gasteiger partial charge in [0.2, 0.25) is 6.03 Å². The second-order valence-corrected chi connectivity index (χ2v) is 6.22. The van der Waals surface area contributed by atoms with Crippen molar-refractivity contribution in [3.8, 4) is 0 Å². The number of hydrogen-bond acceptors (Lipinski definition) is 5. The SMILES string of the molecule is CCOC(OCC)P(=O)(CN(CC)CC)OCC. The summed E-state index contributed by atoms with van der Waals surface area (Å²) in [5, 5.41) is 0. The Morgan fingerprint density at radius 1 is 0.944 bits per heavy atom. The average molecular weight is 281 g/mol. The molecule has 0 bridgehead atoms.